The Morgan fingerprint density at radius 2 is 2.07 bits per heavy atom. The monoisotopic (exact) mass is 194 g/mol. The fourth-order valence-electron chi connectivity index (χ4n) is 2.11. The Kier molecular flexibility index (Phi) is 2.52. The minimum absolute atomic E-state index is 0.130. The molecule has 1 saturated carbocycles. The van der Waals surface area contributed by atoms with Crippen LogP contribution in [0.4, 0.5) is 0 Å². The normalized spacial score (nSPS) is 27.4. The fourth-order valence-corrected chi connectivity index (χ4v) is 2.11. The molecule has 0 atom stereocenters. The Hall–Kier alpha value is -1.32. The van der Waals surface area contributed by atoms with Gasteiger partial charge in [0.25, 0.3) is 0 Å². The van der Waals surface area contributed by atoms with Gasteiger partial charge in [-0.25, -0.2) is 4.98 Å². The molecule has 2 rings (SSSR count). The van der Waals surface area contributed by atoms with E-state index < -0.39 is 5.97 Å². The zero-order chi connectivity index (χ0) is 9.97. The predicted octanol–water partition coefficient (Wildman–Crippen LogP) is 1.70. The third-order valence-corrected chi connectivity index (χ3v) is 2.99. The average Bonchev–Trinajstić information content (AvgIpc) is 2.71. The maximum Gasteiger partial charge on any atom is 0.306 e. The van der Waals surface area contributed by atoms with Crippen LogP contribution in [-0.2, 0) is 4.79 Å². The van der Waals surface area contributed by atoms with Gasteiger partial charge in [0.15, 0.2) is 0 Å². The highest BCUT2D eigenvalue weighted by molar-refractivity contribution is 5.69. The van der Waals surface area contributed by atoms with Crippen molar-refractivity contribution in [2.45, 2.75) is 31.7 Å². The summed E-state index contributed by atoms with van der Waals surface area (Å²) in [6, 6.07) is 0.452. The number of imidazole rings is 1. The SMILES string of the molecule is O=C(O)C1CCC(n2ccnc2)CC1. The summed E-state index contributed by atoms with van der Waals surface area (Å²) in [6.07, 6.45) is 9.01. The average molecular weight is 194 g/mol. The van der Waals surface area contributed by atoms with E-state index >= 15 is 0 Å². The van der Waals surface area contributed by atoms with Crippen molar-refractivity contribution in [1.82, 2.24) is 9.55 Å². The molecule has 1 aromatic heterocycles. The van der Waals surface area contributed by atoms with Crippen molar-refractivity contribution in [3.63, 3.8) is 0 Å². The van der Waals surface area contributed by atoms with Crippen molar-refractivity contribution in [1.29, 1.82) is 0 Å². The molecule has 1 N–H and O–H groups in total. The van der Waals surface area contributed by atoms with Crippen LogP contribution in [-0.4, -0.2) is 20.6 Å². The molecule has 0 spiro atoms. The molecule has 0 bridgehead atoms. The molecule has 0 unspecified atom stereocenters. The van der Waals surface area contributed by atoms with Gasteiger partial charge in [-0.2, -0.15) is 0 Å². The number of carboxylic acid groups (broad SMARTS) is 1. The van der Waals surface area contributed by atoms with Crippen LogP contribution in [0.1, 0.15) is 31.7 Å². The highest BCUT2D eigenvalue weighted by atomic mass is 16.4. The van der Waals surface area contributed by atoms with Gasteiger partial charge in [-0.05, 0) is 25.7 Å². The molecular formula is C10H14N2O2. The number of rotatable bonds is 2. The fraction of sp³-hybridized carbons (Fsp3) is 0.600. The molecule has 1 aliphatic carbocycles. The second-order valence-corrected chi connectivity index (χ2v) is 3.85. The van der Waals surface area contributed by atoms with Gasteiger partial charge in [0.2, 0.25) is 0 Å². The van der Waals surface area contributed by atoms with Crippen molar-refractivity contribution in [3.8, 4) is 0 Å². The summed E-state index contributed by atoms with van der Waals surface area (Å²) in [5.41, 5.74) is 0. The first kappa shape index (κ1) is 9.24. The number of carboxylic acids is 1. The highest BCUT2D eigenvalue weighted by Crippen LogP contribution is 2.31. The van der Waals surface area contributed by atoms with Crippen molar-refractivity contribution in [3.05, 3.63) is 18.7 Å². The summed E-state index contributed by atoms with van der Waals surface area (Å²) in [7, 11) is 0. The van der Waals surface area contributed by atoms with E-state index in [0.717, 1.165) is 25.7 Å². The molecule has 0 radical (unpaired) electrons. The van der Waals surface area contributed by atoms with Crippen LogP contribution in [0.5, 0.6) is 0 Å². The van der Waals surface area contributed by atoms with Crippen LogP contribution < -0.4 is 0 Å². The molecule has 0 aromatic carbocycles. The van der Waals surface area contributed by atoms with Crippen molar-refractivity contribution >= 4 is 5.97 Å². The van der Waals surface area contributed by atoms with E-state index in [-0.39, 0.29) is 5.92 Å². The first-order valence-corrected chi connectivity index (χ1v) is 4.97. The Balaban J connectivity index is 1.93. The van der Waals surface area contributed by atoms with Crippen molar-refractivity contribution in [2.24, 2.45) is 5.92 Å². The van der Waals surface area contributed by atoms with Gasteiger partial charge in [0.05, 0.1) is 12.2 Å². The highest BCUT2D eigenvalue weighted by Gasteiger charge is 2.26. The molecule has 1 fully saturated rings. The maximum atomic E-state index is 10.7. The molecular weight excluding hydrogens is 180 g/mol. The van der Waals surface area contributed by atoms with E-state index in [1.54, 1.807) is 6.20 Å². The topological polar surface area (TPSA) is 55.1 Å². The second-order valence-electron chi connectivity index (χ2n) is 3.85. The van der Waals surface area contributed by atoms with Crippen LogP contribution in [0, 0.1) is 5.92 Å². The van der Waals surface area contributed by atoms with Gasteiger partial charge >= 0.3 is 5.97 Å². The number of nitrogens with zero attached hydrogens (tertiary/aromatic N) is 2. The van der Waals surface area contributed by atoms with Gasteiger partial charge < -0.3 is 9.67 Å². The third-order valence-electron chi connectivity index (χ3n) is 2.99. The van der Waals surface area contributed by atoms with Gasteiger partial charge in [0, 0.05) is 18.4 Å². The number of hydrogen-bond donors (Lipinski definition) is 1. The van der Waals surface area contributed by atoms with E-state index in [1.165, 1.54) is 0 Å². The molecule has 1 heterocycles. The van der Waals surface area contributed by atoms with Crippen molar-refractivity contribution < 1.29 is 9.90 Å². The number of aromatic nitrogens is 2. The zero-order valence-electron chi connectivity index (χ0n) is 7.97. The van der Waals surface area contributed by atoms with Gasteiger partial charge in [-0.1, -0.05) is 0 Å². The van der Waals surface area contributed by atoms with E-state index in [1.807, 2.05) is 12.5 Å². The number of carbonyl (C=O) groups is 1. The Morgan fingerprint density at radius 1 is 1.36 bits per heavy atom. The lowest BCUT2D eigenvalue weighted by Crippen LogP contribution is -2.22. The largest absolute Gasteiger partial charge is 0.481 e. The summed E-state index contributed by atoms with van der Waals surface area (Å²) in [5.74, 6) is -0.774. The molecule has 0 saturated heterocycles. The molecule has 4 heteroatoms. The molecule has 1 aromatic rings. The summed E-state index contributed by atoms with van der Waals surface area (Å²) < 4.78 is 2.08. The standard InChI is InChI=1S/C10H14N2O2/c13-10(14)8-1-3-9(4-2-8)12-6-5-11-7-12/h5-9H,1-4H2,(H,13,14). The van der Waals surface area contributed by atoms with E-state index in [4.69, 9.17) is 5.11 Å². The van der Waals surface area contributed by atoms with Gasteiger partial charge in [-0.3, -0.25) is 4.79 Å². The number of aliphatic carboxylic acids is 1. The van der Waals surface area contributed by atoms with Crippen LogP contribution in [0.2, 0.25) is 0 Å². The van der Waals surface area contributed by atoms with Crippen molar-refractivity contribution in [2.75, 3.05) is 0 Å². The number of hydrogen-bond acceptors (Lipinski definition) is 2. The summed E-state index contributed by atoms with van der Waals surface area (Å²) in [6.45, 7) is 0. The van der Waals surface area contributed by atoms with Gasteiger partial charge in [-0.15, -0.1) is 0 Å². The molecule has 0 amide bonds. The van der Waals surface area contributed by atoms with Crippen LogP contribution >= 0.6 is 0 Å². The maximum absolute atomic E-state index is 10.7. The first-order chi connectivity index (χ1) is 6.77. The lowest BCUT2D eigenvalue weighted by molar-refractivity contribution is -0.143. The van der Waals surface area contributed by atoms with Gasteiger partial charge in [0.1, 0.15) is 0 Å². The summed E-state index contributed by atoms with van der Waals surface area (Å²) in [4.78, 5) is 14.7. The van der Waals surface area contributed by atoms with Crippen LogP contribution in [0.15, 0.2) is 18.7 Å². The zero-order valence-corrected chi connectivity index (χ0v) is 7.97. The molecule has 1 aliphatic rings. The predicted molar refractivity (Wildman–Crippen MR) is 50.9 cm³/mol. The lowest BCUT2D eigenvalue weighted by Gasteiger charge is -2.26. The Bertz CT molecular complexity index is 300. The third kappa shape index (κ3) is 1.78. The van der Waals surface area contributed by atoms with E-state index in [0.29, 0.717) is 6.04 Å². The molecule has 0 aliphatic heterocycles. The van der Waals surface area contributed by atoms with Crippen LogP contribution in [0.25, 0.3) is 0 Å². The minimum atomic E-state index is -0.644. The van der Waals surface area contributed by atoms with Crippen LogP contribution in [0.3, 0.4) is 0 Å². The molecule has 76 valence electrons. The quantitative estimate of drug-likeness (QED) is 0.779. The Labute approximate surface area is 82.6 Å². The lowest BCUT2D eigenvalue weighted by atomic mass is 9.86. The second kappa shape index (κ2) is 3.82. The first-order valence-electron chi connectivity index (χ1n) is 4.97. The summed E-state index contributed by atoms with van der Waals surface area (Å²) >= 11 is 0. The van der Waals surface area contributed by atoms with E-state index in [9.17, 15) is 4.79 Å². The molecule has 14 heavy (non-hydrogen) atoms. The minimum Gasteiger partial charge on any atom is -0.481 e. The van der Waals surface area contributed by atoms with E-state index in [2.05, 4.69) is 9.55 Å². The smallest absolute Gasteiger partial charge is 0.306 e. The summed E-state index contributed by atoms with van der Waals surface area (Å²) in [5, 5.41) is 8.84. The molecule has 4 nitrogen and oxygen atoms in total. The Morgan fingerprint density at radius 3 is 2.57 bits per heavy atom.